The molecule has 0 spiro atoms. The maximum atomic E-state index is 3.96. The molecule has 1 aliphatic carbocycles. The van der Waals surface area contributed by atoms with Gasteiger partial charge in [-0.25, -0.2) is 0 Å². The van der Waals surface area contributed by atoms with E-state index in [2.05, 4.69) is 39.5 Å². The van der Waals surface area contributed by atoms with Gasteiger partial charge in [0.1, 0.15) is 0 Å². The van der Waals surface area contributed by atoms with Crippen molar-refractivity contribution in [2.45, 2.75) is 27.2 Å². The first-order chi connectivity index (χ1) is 5.11. The van der Waals surface area contributed by atoms with Crippen molar-refractivity contribution in [3.63, 3.8) is 0 Å². The van der Waals surface area contributed by atoms with Crippen LogP contribution < -0.4 is 0 Å². The molecular weight excluding hydrogens is 132 g/mol. The lowest BCUT2D eigenvalue weighted by Crippen LogP contribution is -1.98. The zero-order valence-corrected chi connectivity index (χ0v) is 7.65. The molecule has 0 heterocycles. The average Bonchev–Trinajstić information content (AvgIpc) is 2.34. The molecule has 0 heteroatoms. The van der Waals surface area contributed by atoms with Gasteiger partial charge in [0.25, 0.3) is 0 Å². The van der Waals surface area contributed by atoms with Crippen molar-refractivity contribution in [1.82, 2.24) is 0 Å². The predicted octanol–water partition coefficient (Wildman–Crippen LogP) is 3.48. The summed E-state index contributed by atoms with van der Waals surface area (Å²) in [5.74, 6) is 0.559. The topological polar surface area (TPSA) is 0 Å². The molecule has 0 aliphatic heterocycles. The van der Waals surface area contributed by atoms with Gasteiger partial charge in [-0.05, 0) is 26.2 Å². The first-order valence-electron chi connectivity index (χ1n) is 4.13. The van der Waals surface area contributed by atoms with Gasteiger partial charge in [-0.15, -0.1) is 0 Å². The van der Waals surface area contributed by atoms with Gasteiger partial charge >= 0.3 is 0 Å². The van der Waals surface area contributed by atoms with E-state index in [1.54, 1.807) is 0 Å². The quantitative estimate of drug-likeness (QED) is 0.526. The van der Waals surface area contributed by atoms with E-state index >= 15 is 0 Å². The van der Waals surface area contributed by atoms with Crippen molar-refractivity contribution in [2.24, 2.45) is 5.92 Å². The van der Waals surface area contributed by atoms with Crippen LogP contribution in [0.1, 0.15) is 27.2 Å². The highest BCUT2D eigenvalue weighted by molar-refractivity contribution is 5.33. The lowest BCUT2D eigenvalue weighted by Gasteiger charge is -2.12. The fourth-order valence-electron chi connectivity index (χ4n) is 1.30. The molecule has 1 unspecified atom stereocenters. The summed E-state index contributed by atoms with van der Waals surface area (Å²) in [4.78, 5) is 0. The number of hydrogen-bond acceptors (Lipinski definition) is 0. The number of rotatable bonds is 2. The van der Waals surface area contributed by atoms with E-state index in [4.69, 9.17) is 0 Å². The van der Waals surface area contributed by atoms with E-state index in [1.807, 2.05) is 0 Å². The summed E-state index contributed by atoms with van der Waals surface area (Å²) in [6.45, 7) is 10.5. The molecule has 0 radical (unpaired) electrons. The molecule has 1 rings (SSSR count). The second-order valence-electron chi connectivity index (χ2n) is 3.50. The van der Waals surface area contributed by atoms with Gasteiger partial charge < -0.3 is 0 Å². The molecule has 0 fully saturated rings. The first kappa shape index (κ1) is 8.32. The Hall–Kier alpha value is -0.780. The Labute approximate surface area is 69.3 Å². The summed E-state index contributed by atoms with van der Waals surface area (Å²) in [6, 6.07) is 0. The normalized spacial score (nSPS) is 19.2. The molecule has 0 N–H and O–H groups in total. The zero-order valence-electron chi connectivity index (χ0n) is 7.65. The molecule has 0 saturated heterocycles. The van der Waals surface area contributed by atoms with Crippen molar-refractivity contribution in [1.29, 1.82) is 0 Å². The highest BCUT2D eigenvalue weighted by Crippen LogP contribution is 2.28. The van der Waals surface area contributed by atoms with Crippen LogP contribution in [-0.2, 0) is 0 Å². The van der Waals surface area contributed by atoms with E-state index < -0.39 is 0 Å². The highest BCUT2D eigenvalue weighted by Gasteiger charge is 2.12. The van der Waals surface area contributed by atoms with E-state index in [0.29, 0.717) is 5.92 Å². The van der Waals surface area contributed by atoms with Crippen LogP contribution in [0.15, 0.2) is 35.5 Å². The lowest BCUT2D eigenvalue weighted by molar-refractivity contribution is 0.779. The highest BCUT2D eigenvalue weighted by atomic mass is 14.2. The minimum Gasteiger partial charge on any atom is -0.0995 e. The van der Waals surface area contributed by atoms with Crippen LogP contribution in [0.5, 0.6) is 0 Å². The van der Waals surface area contributed by atoms with Crippen LogP contribution >= 0.6 is 0 Å². The molecule has 60 valence electrons. The predicted molar refractivity (Wildman–Crippen MR) is 50.4 cm³/mol. The Morgan fingerprint density at radius 2 is 2.18 bits per heavy atom. The van der Waals surface area contributed by atoms with E-state index in [1.165, 1.54) is 16.7 Å². The average molecular weight is 148 g/mol. The zero-order chi connectivity index (χ0) is 8.43. The maximum Gasteiger partial charge on any atom is -0.00206 e. The summed E-state index contributed by atoms with van der Waals surface area (Å²) >= 11 is 0. The van der Waals surface area contributed by atoms with Crippen LogP contribution in [0, 0.1) is 5.92 Å². The van der Waals surface area contributed by atoms with Crippen LogP contribution in [0.4, 0.5) is 0 Å². The van der Waals surface area contributed by atoms with Gasteiger partial charge in [-0.1, -0.05) is 42.4 Å². The van der Waals surface area contributed by atoms with Crippen molar-refractivity contribution >= 4 is 0 Å². The molecule has 0 aromatic carbocycles. The van der Waals surface area contributed by atoms with Crippen molar-refractivity contribution in [3.05, 3.63) is 35.5 Å². The minimum atomic E-state index is 0.559. The van der Waals surface area contributed by atoms with Crippen LogP contribution in [0.2, 0.25) is 0 Å². The Kier molecular flexibility index (Phi) is 2.33. The number of allylic oxidation sites excluding steroid dienone is 5. The minimum absolute atomic E-state index is 0.559. The maximum absolute atomic E-state index is 3.96. The molecule has 0 aromatic rings. The Morgan fingerprint density at radius 1 is 1.55 bits per heavy atom. The Bertz CT molecular complexity index is 228. The summed E-state index contributed by atoms with van der Waals surface area (Å²) in [6.07, 6.45) is 5.58. The van der Waals surface area contributed by atoms with Gasteiger partial charge in [0.2, 0.25) is 0 Å². The monoisotopic (exact) mass is 148 g/mol. The molecule has 0 nitrogen and oxygen atoms in total. The third kappa shape index (κ3) is 1.83. The van der Waals surface area contributed by atoms with Crippen molar-refractivity contribution in [3.8, 4) is 0 Å². The molecular formula is C11H16. The third-order valence-corrected chi connectivity index (χ3v) is 2.36. The first-order valence-corrected chi connectivity index (χ1v) is 4.13. The van der Waals surface area contributed by atoms with Gasteiger partial charge in [-0.3, -0.25) is 0 Å². The second-order valence-corrected chi connectivity index (χ2v) is 3.50. The fourth-order valence-corrected chi connectivity index (χ4v) is 1.30. The summed E-state index contributed by atoms with van der Waals surface area (Å²) in [7, 11) is 0. The largest absolute Gasteiger partial charge is 0.0995 e. The van der Waals surface area contributed by atoms with Gasteiger partial charge in [0, 0.05) is 0 Å². The Morgan fingerprint density at radius 3 is 2.55 bits per heavy atom. The van der Waals surface area contributed by atoms with E-state index in [-0.39, 0.29) is 0 Å². The summed E-state index contributed by atoms with van der Waals surface area (Å²) in [5, 5.41) is 0. The van der Waals surface area contributed by atoms with Crippen molar-refractivity contribution in [2.75, 3.05) is 0 Å². The standard InChI is InChI=1S/C11H16/c1-8(2)10(4)11-6-5-9(3)7-11/h5-6,10H,1,7H2,2-4H3. The molecule has 1 aliphatic rings. The van der Waals surface area contributed by atoms with Gasteiger partial charge in [-0.2, -0.15) is 0 Å². The fraction of sp³-hybridized carbons (Fsp3) is 0.455. The molecule has 0 aromatic heterocycles. The van der Waals surface area contributed by atoms with E-state index in [9.17, 15) is 0 Å². The summed E-state index contributed by atoms with van der Waals surface area (Å²) < 4.78 is 0. The van der Waals surface area contributed by atoms with E-state index in [0.717, 1.165) is 6.42 Å². The molecule has 1 atom stereocenters. The number of hydrogen-bond donors (Lipinski definition) is 0. The summed E-state index contributed by atoms with van der Waals surface area (Å²) in [5.41, 5.74) is 4.24. The third-order valence-electron chi connectivity index (χ3n) is 2.36. The second kappa shape index (κ2) is 3.08. The van der Waals surface area contributed by atoms with Gasteiger partial charge in [0.15, 0.2) is 0 Å². The molecule has 0 bridgehead atoms. The van der Waals surface area contributed by atoms with Crippen LogP contribution in [0.3, 0.4) is 0 Å². The van der Waals surface area contributed by atoms with Crippen LogP contribution in [-0.4, -0.2) is 0 Å². The molecule has 0 amide bonds. The van der Waals surface area contributed by atoms with Crippen LogP contribution in [0.25, 0.3) is 0 Å². The Balaban J connectivity index is 2.60. The molecule has 11 heavy (non-hydrogen) atoms. The smallest absolute Gasteiger partial charge is 0.00206 e. The van der Waals surface area contributed by atoms with Gasteiger partial charge in [0.05, 0.1) is 0 Å². The SMILES string of the molecule is C=C(C)C(C)C1=CC=C(C)C1. The molecule has 0 saturated carbocycles. The lowest BCUT2D eigenvalue weighted by atomic mass is 9.93. The van der Waals surface area contributed by atoms with Crippen molar-refractivity contribution < 1.29 is 0 Å².